The molecule has 1 aliphatic rings. The zero-order chi connectivity index (χ0) is 7.90. The third-order valence-corrected chi connectivity index (χ3v) is 2.47. The second kappa shape index (κ2) is 2.03. The van der Waals surface area contributed by atoms with Crippen molar-refractivity contribution in [1.29, 1.82) is 0 Å². The SMILES string of the molecule is Cc1cncnc1C1(C)CC1. The Bertz CT molecular complexity index is 277. The van der Waals surface area contributed by atoms with E-state index in [0.29, 0.717) is 5.41 Å². The summed E-state index contributed by atoms with van der Waals surface area (Å²) in [6.07, 6.45) is 6.10. The molecule has 58 valence electrons. The van der Waals surface area contributed by atoms with Gasteiger partial charge in [0.05, 0.1) is 5.69 Å². The number of aromatic nitrogens is 2. The maximum absolute atomic E-state index is 4.30. The third-order valence-electron chi connectivity index (χ3n) is 2.47. The van der Waals surface area contributed by atoms with E-state index in [0.717, 1.165) is 0 Å². The van der Waals surface area contributed by atoms with Gasteiger partial charge in [-0.1, -0.05) is 6.92 Å². The van der Waals surface area contributed by atoms with Crippen molar-refractivity contribution in [2.45, 2.75) is 32.1 Å². The lowest BCUT2D eigenvalue weighted by Crippen LogP contribution is -2.05. The second-order valence-corrected chi connectivity index (χ2v) is 3.62. The molecule has 0 N–H and O–H groups in total. The summed E-state index contributed by atoms with van der Waals surface area (Å²) in [5, 5.41) is 0. The van der Waals surface area contributed by atoms with Crippen molar-refractivity contribution in [2.24, 2.45) is 0 Å². The van der Waals surface area contributed by atoms with Crippen LogP contribution in [0.3, 0.4) is 0 Å². The summed E-state index contributed by atoms with van der Waals surface area (Å²) in [6, 6.07) is 0. The molecule has 0 aliphatic heterocycles. The molecule has 0 saturated heterocycles. The van der Waals surface area contributed by atoms with E-state index in [4.69, 9.17) is 0 Å². The van der Waals surface area contributed by atoms with E-state index in [2.05, 4.69) is 23.8 Å². The molecule has 1 aliphatic carbocycles. The summed E-state index contributed by atoms with van der Waals surface area (Å²) in [5.41, 5.74) is 2.85. The van der Waals surface area contributed by atoms with Gasteiger partial charge < -0.3 is 0 Å². The van der Waals surface area contributed by atoms with Gasteiger partial charge in [-0.05, 0) is 25.3 Å². The van der Waals surface area contributed by atoms with E-state index in [9.17, 15) is 0 Å². The second-order valence-electron chi connectivity index (χ2n) is 3.62. The van der Waals surface area contributed by atoms with Gasteiger partial charge in [-0.15, -0.1) is 0 Å². The standard InChI is InChI=1S/C9H12N2/c1-7-5-10-6-11-8(7)9(2)3-4-9/h5-6H,3-4H2,1-2H3. The van der Waals surface area contributed by atoms with Crippen LogP contribution in [0.1, 0.15) is 31.0 Å². The molecule has 1 heterocycles. The summed E-state index contributed by atoms with van der Waals surface area (Å²) in [5.74, 6) is 0. The first-order valence-electron chi connectivity index (χ1n) is 3.99. The lowest BCUT2D eigenvalue weighted by atomic mass is 10.0. The summed E-state index contributed by atoms with van der Waals surface area (Å²) in [7, 11) is 0. The average molecular weight is 148 g/mol. The van der Waals surface area contributed by atoms with Crippen LogP contribution < -0.4 is 0 Å². The molecule has 1 fully saturated rings. The van der Waals surface area contributed by atoms with Gasteiger partial charge in [0.25, 0.3) is 0 Å². The normalized spacial score (nSPS) is 19.8. The summed E-state index contributed by atoms with van der Waals surface area (Å²) >= 11 is 0. The Morgan fingerprint density at radius 1 is 1.45 bits per heavy atom. The van der Waals surface area contributed by atoms with Crippen LogP contribution in [0, 0.1) is 6.92 Å². The predicted octanol–water partition coefficient (Wildman–Crippen LogP) is 1.84. The number of rotatable bonds is 1. The first kappa shape index (κ1) is 6.77. The van der Waals surface area contributed by atoms with Gasteiger partial charge in [0.15, 0.2) is 0 Å². The Hall–Kier alpha value is -0.920. The van der Waals surface area contributed by atoms with Gasteiger partial charge in [-0.3, -0.25) is 0 Å². The van der Waals surface area contributed by atoms with E-state index in [-0.39, 0.29) is 0 Å². The highest BCUT2D eigenvalue weighted by molar-refractivity contribution is 5.28. The summed E-state index contributed by atoms with van der Waals surface area (Å²) < 4.78 is 0. The van der Waals surface area contributed by atoms with Crippen LogP contribution in [-0.4, -0.2) is 9.97 Å². The number of hydrogen-bond acceptors (Lipinski definition) is 2. The van der Waals surface area contributed by atoms with Crippen molar-refractivity contribution >= 4 is 0 Å². The maximum atomic E-state index is 4.30. The minimum absolute atomic E-state index is 0.382. The number of aryl methyl sites for hydroxylation is 1. The Kier molecular flexibility index (Phi) is 1.25. The number of nitrogens with zero attached hydrogens (tertiary/aromatic N) is 2. The first-order chi connectivity index (χ1) is 5.22. The van der Waals surface area contributed by atoms with E-state index < -0.39 is 0 Å². The summed E-state index contributed by atoms with van der Waals surface area (Å²) in [4.78, 5) is 8.28. The minimum Gasteiger partial charge on any atom is -0.245 e. The number of hydrogen-bond donors (Lipinski definition) is 0. The van der Waals surface area contributed by atoms with E-state index in [1.165, 1.54) is 24.1 Å². The fourth-order valence-corrected chi connectivity index (χ4v) is 1.46. The van der Waals surface area contributed by atoms with Crippen molar-refractivity contribution in [3.63, 3.8) is 0 Å². The lowest BCUT2D eigenvalue weighted by Gasteiger charge is -2.08. The van der Waals surface area contributed by atoms with Gasteiger partial charge in [0, 0.05) is 11.6 Å². The average Bonchev–Trinajstić information content (AvgIpc) is 2.70. The smallest absolute Gasteiger partial charge is 0.115 e. The predicted molar refractivity (Wildman–Crippen MR) is 43.4 cm³/mol. The Morgan fingerprint density at radius 3 is 2.73 bits per heavy atom. The van der Waals surface area contributed by atoms with Gasteiger partial charge in [-0.2, -0.15) is 0 Å². The molecule has 0 spiro atoms. The molecule has 0 unspecified atom stereocenters. The molecule has 1 aromatic heterocycles. The van der Waals surface area contributed by atoms with Crippen LogP contribution in [0.2, 0.25) is 0 Å². The Labute approximate surface area is 66.7 Å². The van der Waals surface area contributed by atoms with Crippen LogP contribution in [0.25, 0.3) is 0 Å². The highest BCUT2D eigenvalue weighted by Crippen LogP contribution is 2.47. The molecule has 11 heavy (non-hydrogen) atoms. The molecule has 0 bridgehead atoms. The molecule has 2 heteroatoms. The van der Waals surface area contributed by atoms with Crippen molar-refractivity contribution in [1.82, 2.24) is 9.97 Å². The Balaban J connectivity index is 2.45. The van der Waals surface area contributed by atoms with Crippen molar-refractivity contribution in [2.75, 3.05) is 0 Å². The Morgan fingerprint density at radius 2 is 2.18 bits per heavy atom. The molecule has 1 saturated carbocycles. The van der Waals surface area contributed by atoms with Gasteiger partial charge in [-0.25, -0.2) is 9.97 Å². The highest BCUT2D eigenvalue weighted by atomic mass is 14.8. The highest BCUT2D eigenvalue weighted by Gasteiger charge is 2.41. The summed E-state index contributed by atoms with van der Waals surface area (Å²) in [6.45, 7) is 4.35. The largest absolute Gasteiger partial charge is 0.245 e. The third kappa shape index (κ3) is 1.02. The van der Waals surface area contributed by atoms with Crippen LogP contribution in [0.15, 0.2) is 12.5 Å². The lowest BCUT2D eigenvalue weighted by molar-refractivity contribution is 0.734. The first-order valence-corrected chi connectivity index (χ1v) is 3.99. The molecule has 2 nitrogen and oxygen atoms in total. The molecular formula is C9H12N2. The molecular weight excluding hydrogens is 136 g/mol. The van der Waals surface area contributed by atoms with Crippen molar-refractivity contribution < 1.29 is 0 Å². The van der Waals surface area contributed by atoms with Crippen LogP contribution in [0.4, 0.5) is 0 Å². The van der Waals surface area contributed by atoms with E-state index in [1.54, 1.807) is 6.33 Å². The molecule has 0 aromatic carbocycles. The van der Waals surface area contributed by atoms with Crippen LogP contribution in [0.5, 0.6) is 0 Å². The topological polar surface area (TPSA) is 25.8 Å². The fraction of sp³-hybridized carbons (Fsp3) is 0.556. The monoisotopic (exact) mass is 148 g/mol. The van der Waals surface area contributed by atoms with E-state index >= 15 is 0 Å². The van der Waals surface area contributed by atoms with E-state index in [1.807, 2.05) is 6.20 Å². The zero-order valence-electron chi connectivity index (χ0n) is 6.96. The van der Waals surface area contributed by atoms with Gasteiger partial charge >= 0.3 is 0 Å². The molecule has 2 rings (SSSR count). The van der Waals surface area contributed by atoms with Gasteiger partial charge in [0.2, 0.25) is 0 Å². The minimum atomic E-state index is 0.382. The molecule has 0 radical (unpaired) electrons. The van der Waals surface area contributed by atoms with Gasteiger partial charge in [0.1, 0.15) is 6.33 Å². The molecule has 0 atom stereocenters. The maximum Gasteiger partial charge on any atom is 0.115 e. The van der Waals surface area contributed by atoms with Crippen molar-refractivity contribution in [3.8, 4) is 0 Å². The molecule has 0 amide bonds. The quantitative estimate of drug-likeness (QED) is 0.607. The molecule has 1 aromatic rings. The zero-order valence-corrected chi connectivity index (χ0v) is 6.96. The van der Waals surface area contributed by atoms with Crippen LogP contribution in [-0.2, 0) is 5.41 Å². The van der Waals surface area contributed by atoms with Crippen molar-refractivity contribution in [3.05, 3.63) is 23.8 Å². The fourth-order valence-electron chi connectivity index (χ4n) is 1.46. The van der Waals surface area contributed by atoms with Crippen LogP contribution >= 0.6 is 0 Å².